The number of carbonyl (C=O) groups is 1. The second-order valence-electron chi connectivity index (χ2n) is 7.43. The van der Waals surface area contributed by atoms with Gasteiger partial charge in [-0.3, -0.25) is 9.89 Å². The SMILES string of the molecule is O=C(CSc1n[nH]c(-c2ccccc2F)n1)N1CCCC(c2nc3ccccc3s2)C1. The third kappa shape index (κ3) is 4.33. The standard InChI is InChI=1S/C22H20FN5OS2/c23-16-8-2-1-7-15(16)20-25-22(27-26-20)30-13-19(29)28-11-5-6-14(12-28)21-24-17-9-3-4-10-18(17)31-21/h1-4,7-10,14H,5-6,11-13H2,(H,25,26,27). The molecule has 0 radical (unpaired) electrons. The quantitative estimate of drug-likeness (QED) is 0.443. The molecule has 0 aliphatic carbocycles. The zero-order valence-electron chi connectivity index (χ0n) is 16.6. The Labute approximate surface area is 186 Å². The van der Waals surface area contributed by atoms with Crippen molar-refractivity contribution in [3.8, 4) is 11.4 Å². The van der Waals surface area contributed by atoms with Gasteiger partial charge in [0, 0.05) is 19.0 Å². The molecule has 1 aliphatic rings. The molecule has 2 aromatic heterocycles. The van der Waals surface area contributed by atoms with E-state index >= 15 is 0 Å². The van der Waals surface area contributed by atoms with Gasteiger partial charge in [0.15, 0.2) is 5.82 Å². The van der Waals surface area contributed by atoms with E-state index in [-0.39, 0.29) is 23.4 Å². The lowest BCUT2D eigenvalue weighted by Crippen LogP contribution is -2.40. The normalized spacial score (nSPS) is 16.7. The first kappa shape index (κ1) is 20.1. The molecule has 1 N–H and O–H groups in total. The summed E-state index contributed by atoms with van der Waals surface area (Å²) in [4.78, 5) is 23.8. The highest BCUT2D eigenvalue weighted by molar-refractivity contribution is 7.99. The van der Waals surface area contributed by atoms with Crippen molar-refractivity contribution >= 4 is 39.2 Å². The largest absolute Gasteiger partial charge is 0.341 e. The molecule has 9 heteroatoms. The van der Waals surface area contributed by atoms with Gasteiger partial charge in [-0.15, -0.1) is 16.4 Å². The van der Waals surface area contributed by atoms with Crippen LogP contribution in [0.4, 0.5) is 4.39 Å². The number of aromatic amines is 1. The molecule has 0 spiro atoms. The first-order valence-corrected chi connectivity index (χ1v) is 11.9. The summed E-state index contributed by atoms with van der Waals surface area (Å²) in [5, 5.41) is 8.42. The molecule has 2 aromatic carbocycles. The Kier molecular flexibility index (Phi) is 5.69. The molecular formula is C22H20FN5OS2. The van der Waals surface area contributed by atoms with Gasteiger partial charge >= 0.3 is 0 Å². The maximum Gasteiger partial charge on any atom is 0.233 e. The smallest absolute Gasteiger partial charge is 0.233 e. The summed E-state index contributed by atoms with van der Waals surface area (Å²) >= 11 is 2.98. The number of piperidine rings is 1. The second kappa shape index (κ2) is 8.76. The van der Waals surface area contributed by atoms with E-state index in [4.69, 9.17) is 4.98 Å². The van der Waals surface area contributed by atoms with Crippen LogP contribution in [0, 0.1) is 5.82 Å². The molecule has 1 amide bonds. The summed E-state index contributed by atoms with van der Waals surface area (Å²) < 4.78 is 15.1. The summed E-state index contributed by atoms with van der Waals surface area (Å²) in [6, 6.07) is 14.5. The maximum atomic E-state index is 13.9. The molecule has 6 nitrogen and oxygen atoms in total. The highest BCUT2D eigenvalue weighted by Crippen LogP contribution is 2.33. The molecule has 1 aliphatic heterocycles. The van der Waals surface area contributed by atoms with Crippen molar-refractivity contribution in [1.82, 2.24) is 25.1 Å². The zero-order valence-corrected chi connectivity index (χ0v) is 18.3. The number of likely N-dealkylation sites (tertiary alicyclic amines) is 1. The van der Waals surface area contributed by atoms with E-state index in [1.807, 2.05) is 23.1 Å². The van der Waals surface area contributed by atoms with Crippen LogP contribution in [0.25, 0.3) is 21.6 Å². The van der Waals surface area contributed by atoms with Crippen molar-refractivity contribution in [1.29, 1.82) is 0 Å². The van der Waals surface area contributed by atoms with Crippen LogP contribution in [0.3, 0.4) is 0 Å². The Hall–Kier alpha value is -2.78. The fourth-order valence-electron chi connectivity index (χ4n) is 3.77. The second-order valence-corrected chi connectivity index (χ2v) is 9.44. The highest BCUT2D eigenvalue weighted by atomic mass is 32.2. The summed E-state index contributed by atoms with van der Waals surface area (Å²) in [7, 11) is 0. The lowest BCUT2D eigenvalue weighted by atomic mass is 9.99. The zero-order chi connectivity index (χ0) is 21.2. The molecule has 0 saturated carbocycles. The molecule has 0 bridgehead atoms. The predicted molar refractivity (Wildman–Crippen MR) is 121 cm³/mol. The average Bonchev–Trinajstić information content (AvgIpc) is 3.45. The van der Waals surface area contributed by atoms with Gasteiger partial charge in [0.25, 0.3) is 0 Å². The van der Waals surface area contributed by atoms with Crippen LogP contribution in [-0.4, -0.2) is 49.8 Å². The fraction of sp³-hybridized carbons (Fsp3) is 0.273. The van der Waals surface area contributed by atoms with Crippen molar-refractivity contribution < 1.29 is 9.18 Å². The summed E-state index contributed by atoms with van der Waals surface area (Å²) in [5.74, 6) is 0.591. The van der Waals surface area contributed by atoms with Gasteiger partial charge < -0.3 is 4.90 Å². The van der Waals surface area contributed by atoms with E-state index in [9.17, 15) is 9.18 Å². The van der Waals surface area contributed by atoms with Crippen molar-refractivity contribution in [3.05, 3.63) is 59.4 Å². The Balaban J connectivity index is 1.21. The van der Waals surface area contributed by atoms with Crippen LogP contribution in [0.15, 0.2) is 53.7 Å². The van der Waals surface area contributed by atoms with E-state index in [0.717, 1.165) is 29.9 Å². The number of nitrogens with one attached hydrogen (secondary N) is 1. The summed E-state index contributed by atoms with van der Waals surface area (Å²) in [6.45, 7) is 1.45. The first-order valence-electron chi connectivity index (χ1n) is 10.1. The number of hydrogen-bond donors (Lipinski definition) is 1. The minimum absolute atomic E-state index is 0.0630. The van der Waals surface area contributed by atoms with Crippen molar-refractivity contribution in [2.45, 2.75) is 23.9 Å². The number of benzene rings is 2. The topological polar surface area (TPSA) is 74.8 Å². The molecule has 31 heavy (non-hydrogen) atoms. The van der Waals surface area contributed by atoms with Gasteiger partial charge in [-0.05, 0) is 37.1 Å². The Morgan fingerprint density at radius 1 is 1.19 bits per heavy atom. The molecule has 3 heterocycles. The number of aromatic nitrogens is 4. The van der Waals surface area contributed by atoms with Gasteiger partial charge in [0.2, 0.25) is 11.1 Å². The number of H-pyrrole nitrogens is 1. The molecule has 1 fully saturated rings. The number of halogens is 1. The van der Waals surface area contributed by atoms with Crippen LogP contribution >= 0.6 is 23.1 Å². The average molecular weight is 454 g/mol. The van der Waals surface area contributed by atoms with E-state index in [0.29, 0.717) is 23.1 Å². The molecule has 1 atom stereocenters. The highest BCUT2D eigenvalue weighted by Gasteiger charge is 2.27. The van der Waals surface area contributed by atoms with Crippen LogP contribution in [0.5, 0.6) is 0 Å². The van der Waals surface area contributed by atoms with Crippen LogP contribution in [0.1, 0.15) is 23.8 Å². The van der Waals surface area contributed by atoms with Crippen molar-refractivity contribution in [3.63, 3.8) is 0 Å². The van der Waals surface area contributed by atoms with E-state index < -0.39 is 0 Å². The number of carbonyl (C=O) groups excluding carboxylic acids is 1. The summed E-state index contributed by atoms with van der Waals surface area (Å²) in [6.07, 6.45) is 2.01. The van der Waals surface area contributed by atoms with E-state index in [1.54, 1.807) is 29.5 Å². The number of nitrogens with zero attached hydrogens (tertiary/aromatic N) is 4. The number of thiazole rings is 1. The fourth-order valence-corrected chi connectivity index (χ4v) is 5.57. The predicted octanol–water partition coefficient (Wildman–Crippen LogP) is 4.72. The van der Waals surface area contributed by atoms with Crippen LogP contribution < -0.4 is 0 Å². The van der Waals surface area contributed by atoms with Gasteiger partial charge in [-0.1, -0.05) is 36.0 Å². The molecule has 158 valence electrons. The lowest BCUT2D eigenvalue weighted by Gasteiger charge is -2.31. The van der Waals surface area contributed by atoms with Gasteiger partial charge in [-0.2, -0.15) is 0 Å². The monoisotopic (exact) mass is 453 g/mol. The minimum Gasteiger partial charge on any atom is -0.341 e. The summed E-state index contributed by atoms with van der Waals surface area (Å²) in [5.41, 5.74) is 1.39. The van der Waals surface area contributed by atoms with E-state index in [2.05, 4.69) is 21.2 Å². The Morgan fingerprint density at radius 3 is 2.90 bits per heavy atom. The van der Waals surface area contributed by atoms with Crippen molar-refractivity contribution in [2.24, 2.45) is 0 Å². The lowest BCUT2D eigenvalue weighted by molar-refractivity contribution is -0.129. The van der Waals surface area contributed by atoms with E-state index in [1.165, 1.54) is 22.5 Å². The molecule has 1 unspecified atom stereocenters. The Bertz CT molecular complexity index is 1190. The maximum absolute atomic E-state index is 13.9. The van der Waals surface area contributed by atoms with Crippen LogP contribution in [0.2, 0.25) is 0 Å². The number of amides is 1. The minimum atomic E-state index is -0.361. The number of hydrogen-bond acceptors (Lipinski definition) is 6. The third-order valence-corrected chi connectivity index (χ3v) is 7.38. The molecule has 1 saturated heterocycles. The number of rotatable bonds is 5. The van der Waals surface area contributed by atoms with Gasteiger partial charge in [0.05, 0.1) is 26.5 Å². The van der Waals surface area contributed by atoms with Crippen molar-refractivity contribution in [2.75, 3.05) is 18.8 Å². The molecule has 4 aromatic rings. The number of thioether (sulfide) groups is 1. The van der Waals surface area contributed by atoms with Crippen LogP contribution in [-0.2, 0) is 4.79 Å². The van der Waals surface area contributed by atoms with Gasteiger partial charge in [-0.25, -0.2) is 14.4 Å². The number of para-hydroxylation sites is 1. The first-order chi connectivity index (χ1) is 15.2. The molecule has 5 rings (SSSR count). The van der Waals surface area contributed by atoms with Gasteiger partial charge in [0.1, 0.15) is 5.82 Å². The molecular weight excluding hydrogens is 433 g/mol. The Morgan fingerprint density at radius 2 is 2.03 bits per heavy atom. The number of fused-ring (bicyclic) bond motifs is 1. The third-order valence-electron chi connectivity index (χ3n) is 5.35.